The largest absolute Gasteiger partial charge is 0.497 e. The highest BCUT2D eigenvalue weighted by atomic mass is 16.5. The summed E-state index contributed by atoms with van der Waals surface area (Å²) in [6.45, 7) is 3.89. The maximum Gasteiger partial charge on any atom is 0.224 e. The van der Waals surface area contributed by atoms with Gasteiger partial charge in [-0.3, -0.25) is 9.89 Å². The van der Waals surface area contributed by atoms with E-state index in [0.29, 0.717) is 18.2 Å². The number of methoxy groups -OCH3 is 1. The molecule has 7 nitrogen and oxygen atoms in total. The van der Waals surface area contributed by atoms with Crippen LogP contribution in [0.5, 0.6) is 5.75 Å². The first kappa shape index (κ1) is 16.0. The van der Waals surface area contributed by atoms with Crippen molar-refractivity contribution in [1.29, 1.82) is 0 Å². The number of nitrogens with zero attached hydrogens (tertiary/aromatic N) is 2. The van der Waals surface area contributed by atoms with Gasteiger partial charge >= 0.3 is 0 Å². The number of carbonyl (C=O) groups excluding carboxylic acids is 1. The second kappa shape index (κ2) is 7.04. The van der Waals surface area contributed by atoms with Crippen molar-refractivity contribution in [2.75, 3.05) is 7.11 Å². The van der Waals surface area contributed by atoms with Gasteiger partial charge in [0.1, 0.15) is 11.6 Å². The van der Waals surface area contributed by atoms with Gasteiger partial charge in [0.05, 0.1) is 13.7 Å². The molecule has 1 aromatic heterocycles. The van der Waals surface area contributed by atoms with E-state index in [1.165, 1.54) is 0 Å². The molecule has 0 fully saturated rings. The summed E-state index contributed by atoms with van der Waals surface area (Å²) in [6, 6.07) is 7.25. The number of benzene rings is 1. The fourth-order valence-electron chi connectivity index (χ4n) is 1.81. The first-order valence-electron chi connectivity index (χ1n) is 7.10. The fraction of sp³-hybridized carbons (Fsp3) is 0.400. The van der Waals surface area contributed by atoms with E-state index in [4.69, 9.17) is 10.5 Å². The smallest absolute Gasteiger partial charge is 0.224 e. The second-order valence-electron chi connectivity index (χ2n) is 5.20. The highest BCUT2D eigenvalue weighted by molar-refractivity contribution is 5.78. The number of aromatic amines is 1. The molecule has 1 amide bonds. The van der Waals surface area contributed by atoms with E-state index in [-0.39, 0.29) is 17.9 Å². The number of rotatable bonds is 6. The van der Waals surface area contributed by atoms with E-state index in [9.17, 15) is 4.79 Å². The summed E-state index contributed by atoms with van der Waals surface area (Å²) in [5, 5.41) is 9.76. The van der Waals surface area contributed by atoms with Crippen LogP contribution in [0.1, 0.15) is 19.7 Å². The van der Waals surface area contributed by atoms with Crippen LogP contribution in [0.25, 0.3) is 11.4 Å². The summed E-state index contributed by atoms with van der Waals surface area (Å²) in [7, 11) is 1.62. The van der Waals surface area contributed by atoms with Crippen LogP contribution in [0.4, 0.5) is 0 Å². The van der Waals surface area contributed by atoms with Crippen LogP contribution in [0.2, 0.25) is 0 Å². The van der Waals surface area contributed by atoms with Gasteiger partial charge in [-0.25, -0.2) is 4.98 Å². The number of hydrogen-bond donors (Lipinski definition) is 3. The van der Waals surface area contributed by atoms with Crippen LogP contribution >= 0.6 is 0 Å². The second-order valence-corrected chi connectivity index (χ2v) is 5.20. The molecular formula is C15H21N5O2. The number of H-pyrrole nitrogens is 1. The van der Waals surface area contributed by atoms with Gasteiger partial charge in [-0.2, -0.15) is 5.10 Å². The third kappa shape index (κ3) is 3.82. The Morgan fingerprint density at radius 1 is 1.36 bits per heavy atom. The number of amides is 1. The molecule has 2 rings (SSSR count). The lowest BCUT2D eigenvalue weighted by Gasteiger charge is -2.14. The van der Waals surface area contributed by atoms with Gasteiger partial charge in [0.15, 0.2) is 5.82 Å². The van der Waals surface area contributed by atoms with Crippen molar-refractivity contribution in [1.82, 2.24) is 20.5 Å². The maximum absolute atomic E-state index is 11.8. The Morgan fingerprint density at radius 2 is 2.05 bits per heavy atom. The maximum atomic E-state index is 11.8. The minimum Gasteiger partial charge on any atom is -0.497 e. The van der Waals surface area contributed by atoms with E-state index in [0.717, 1.165) is 11.3 Å². The molecule has 0 saturated carbocycles. The van der Waals surface area contributed by atoms with E-state index in [1.807, 2.05) is 24.3 Å². The Balaban J connectivity index is 1.97. The molecule has 0 radical (unpaired) electrons. The Bertz CT molecular complexity index is 621. The summed E-state index contributed by atoms with van der Waals surface area (Å²) in [6.07, 6.45) is 0. The Kier molecular flexibility index (Phi) is 5.11. The zero-order valence-electron chi connectivity index (χ0n) is 13.0. The fourth-order valence-corrected chi connectivity index (χ4v) is 1.81. The molecule has 118 valence electrons. The molecule has 2 atom stereocenters. The Hall–Kier alpha value is -2.41. The van der Waals surface area contributed by atoms with Gasteiger partial charge in [0.25, 0.3) is 0 Å². The molecule has 2 aromatic rings. The average Bonchev–Trinajstić information content (AvgIpc) is 3.00. The molecule has 4 N–H and O–H groups in total. The van der Waals surface area contributed by atoms with Gasteiger partial charge in [-0.1, -0.05) is 6.92 Å². The van der Waals surface area contributed by atoms with Crippen LogP contribution in [0.3, 0.4) is 0 Å². The third-order valence-electron chi connectivity index (χ3n) is 3.51. The van der Waals surface area contributed by atoms with Crippen molar-refractivity contribution in [3.05, 3.63) is 30.1 Å². The molecule has 0 aliphatic heterocycles. The van der Waals surface area contributed by atoms with Crippen molar-refractivity contribution < 1.29 is 9.53 Å². The van der Waals surface area contributed by atoms with Crippen molar-refractivity contribution in [2.45, 2.75) is 26.4 Å². The highest BCUT2D eigenvalue weighted by Crippen LogP contribution is 2.18. The lowest BCUT2D eigenvalue weighted by atomic mass is 10.0. The molecule has 7 heteroatoms. The molecule has 0 bridgehead atoms. The standard InChI is InChI=1S/C15H21N5O2/c1-9(10(2)16)15(21)17-8-13-18-14(20-19-13)11-4-6-12(22-3)7-5-11/h4-7,9-10H,8,16H2,1-3H3,(H,17,21)(H,18,19,20). The summed E-state index contributed by atoms with van der Waals surface area (Å²) < 4.78 is 5.11. The number of nitrogens with two attached hydrogens (primary N) is 1. The number of ether oxygens (including phenoxy) is 1. The normalized spacial score (nSPS) is 13.5. The summed E-state index contributed by atoms with van der Waals surface area (Å²) in [4.78, 5) is 16.2. The average molecular weight is 303 g/mol. The number of carbonyl (C=O) groups is 1. The van der Waals surface area contributed by atoms with Crippen molar-refractivity contribution in [3.8, 4) is 17.1 Å². The van der Waals surface area contributed by atoms with E-state index in [2.05, 4.69) is 20.5 Å². The van der Waals surface area contributed by atoms with Crippen LogP contribution in [0.15, 0.2) is 24.3 Å². The monoisotopic (exact) mass is 303 g/mol. The van der Waals surface area contributed by atoms with Gasteiger partial charge in [0, 0.05) is 17.5 Å². The van der Waals surface area contributed by atoms with Crippen molar-refractivity contribution >= 4 is 5.91 Å². The van der Waals surface area contributed by atoms with Crippen LogP contribution in [-0.2, 0) is 11.3 Å². The molecule has 2 unspecified atom stereocenters. The van der Waals surface area contributed by atoms with Gasteiger partial charge in [0.2, 0.25) is 5.91 Å². The first-order chi connectivity index (χ1) is 10.5. The lowest BCUT2D eigenvalue weighted by molar-refractivity contribution is -0.125. The third-order valence-corrected chi connectivity index (χ3v) is 3.51. The van der Waals surface area contributed by atoms with E-state index in [1.54, 1.807) is 21.0 Å². The summed E-state index contributed by atoms with van der Waals surface area (Å²) in [5.41, 5.74) is 6.58. The van der Waals surface area contributed by atoms with E-state index < -0.39 is 0 Å². The zero-order valence-corrected chi connectivity index (χ0v) is 13.0. The minimum absolute atomic E-state index is 0.0996. The molecular weight excluding hydrogens is 282 g/mol. The van der Waals surface area contributed by atoms with E-state index >= 15 is 0 Å². The molecule has 0 aliphatic carbocycles. The lowest BCUT2D eigenvalue weighted by Crippen LogP contribution is -2.38. The first-order valence-corrected chi connectivity index (χ1v) is 7.10. The molecule has 0 aliphatic rings. The van der Waals surface area contributed by atoms with Crippen LogP contribution < -0.4 is 15.8 Å². The van der Waals surface area contributed by atoms with Gasteiger partial charge in [-0.05, 0) is 31.2 Å². The van der Waals surface area contributed by atoms with Crippen molar-refractivity contribution in [2.24, 2.45) is 11.7 Å². The SMILES string of the molecule is COc1ccc(-c2n[nH]c(CNC(=O)C(C)C(C)N)n2)cc1. The summed E-state index contributed by atoms with van der Waals surface area (Å²) >= 11 is 0. The predicted molar refractivity (Wildman–Crippen MR) is 83.0 cm³/mol. The number of hydrogen-bond acceptors (Lipinski definition) is 5. The Morgan fingerprint density at radius 3 is 2.64 bits per heavy atom. The van der Waals surface area contributed by atoms with Gasteiger partial charge < -0.3 is 15.8 Å². The topological polar surface area (TPSA) is 106 Å². The molecule has 0 saturated heterocycles. The molecule has 0 spiro atoms. The highest BCUT2D eigenvalue weighted by Gasteiger charge is 2.17. The predicted octanol–water partition coefficient (Wildman–Crippen LogP) is 1.08. The minimum atomic E-state index is -0.246. The Labute approximate surface area is 129 Å². The van der Waals surface area contributed by atoms with Crippen LogP contribution in [-0.4, -0.2) is 34.2 Å². The van der Waals surface area contributed by atoms with Crippen LogP contribution in [0, 0.1) is 5.92 Å². The van der Waals surface area contributed by atoms with Gasteiger partial charge in [-0.15, -0.1) is 0 Å². The quantitative estimate of drug-likeness (QED) is 0.740. The summed E-state index contributed by atoms with van der Waals surface area (Å²) in [5.74, 6) is 1.60. The number of aromatic nitrogens is 3. The van der Waals surface area contributed by atoms with Crippen molar-refractivity contribution in [3.63, 3.8) is 0 Å². The molecule has 22 heavy (non-hydrogen) atoms. The molecule has 1 heterocycles. The number of nitrogens with one attached hydrogen (secondary N) is 2. The zero-order chi connectivity index (χ0) is 16.1. The molecule has 1 aromatic carbocycles.